The third kappa shape index (κ3) is 5.19. The van der Waals surface area contributed by atoms with Gasteiger partial charge in [0, 0.05) is 51.4 Å². The molecule has 5 heteroatoms. The predicted molar refractivity (Wildman–Crippen MR) is 108 cm³/mol. The summed E-state index contributed by atoms with van der Waals surface area (Å²) in [7, 11) is 0. The van der Waals surface area contributed by atoms with Gasteiger partial charge in [-0.2, -0.15) is 0 Å². The van der Waals surface area contributed by atoms with E-state index in [1.165, 1.54) is 11.3 Å². The van der Waals surface area contributed by atoms with Crippen LogP contribution in [0, 0.1) is 5.92 Å². The number of carbonyl (C=O) groups excluding carboxylic acids is 1. The van der Waals surface area contributed by atoms with Gasteiger partial charge in [0.2, 0.25) is 5.91 Å². The first-order chi connectivity index (χ1) is 13.1. The van der Waals surface area contributed by atoms with Gasteiger partial charge >= 0.3 is 0 Å². The van der Waals surface area contributed by atoms with E-state index in [2.05, 4.69) is 52.3 Å². The minimum absolute atomic E-state index is 0.252. The lowest BCUT2D eigenvalue weighted by molar-refractivity contribution is -0.133. The summed E-state index contributed by atoms with van der Waals surface area (Å²) in [6.45, 7) is 10.9. The van der Waals surface area contributed by atoms with Crippen molar-refractivity contribution in [1.82, 2.24) is 19.4 Å². The summed E-state index contributed by atoms with van der Waals surface area (Å²) in [5.74, 6) is 0.859. The van der Waals surface area contributed by atoms with E-state index in [0.29, 0.717) is 18.9 Å². The Balaban J connectivity index is 1.70. The lowest BCUT2D eigenvalue weighted by Crippen LogP contribution is -2.42. The molecule has 0 aliphatic carbocycles. The molecule has 0 radical (unpaired) electrons. The molecule has 0 bridgehead atoms. The summed E-state index contributed by atoms with van der Waals surface area (Å²) in [6, 6.07) is 10.6. The van der Waals surface area contributed by atoms with Crippen LogP contribution < -0.4 is 0 Å². The molecule has 146 valence electrons. The molecule has 2 aromatic rings. The van der Waals surface area contributed by atoms with E-state index in [9.17, 15) is 4.79 Å². The largest absolute Gasteiger partial charge is 0.334 e. The summed E-state index contributed by atoms with van der Waals surface area (Å²) in [5, 5.41) is 0. The molecule has 0 saturated carbocycles. The van der Waals surface area contributed by atoms with Crippen LogP contribution in [0.3, 0.4) is 0 Å². The Hall–Kier alpha value is -2.14. The molecule has 1 aromatic carbocycles. The van der Waals surface area contributed by atoms with Crippen molar-refractivity contribution in [2.75, 3.05) is 13.1 Å². The molecule has 1 atom stereocenters. The Kier molecular flexibility index (Phi) is 6.67. The third-order valence-electron chi connectivity index (χ3n) is 5.28. The van der Waals surface area contributed by atoms with Crippen molar-refractivity contribution in [3.63, 3.8) is 0 Å². The fraction of sp³-hybridized carbons (Fsp3) is 0.545. The first-order valence-electron chi connectivity index (χ1n) is 10.1. The van der Waals surface area contributed by atoms with Gasteiger partial charge in [-0.05, 0) is 17.9 Å². The average Bonchev–Trinajstić information content (AvgIpc) is 3.02. The molecule has 1 saturated heterocycles. The van der Waals surface area contributed by atoms with Gasteiger partial charge in [-0.25, -0.2) is 4.98 Å². The molecule has 2 heterocycles. The number of amides is 1. The number of hydrogen-bond donors (Lipinski definition) is 0. The van der Waals surface area contributed by atoms with Crippen molar-refractivity contribution >= 4 is 5.91 Å². The first kappa shape index (κ1) is 19.6. The fourth-order valence-electron chi connectivity index (χ4n) is 3.85. The smallest absolute Gasteiger partial charge is 0.224 e. The minimum Gasteiger partial charge on any atom is -0.334 e. The molecule has 1 amide bonds. The molecule has 0 spiro atoms. The lowest BCUT2D eigenvalue weighted by Gasteiger charge is -2.31. The molecular formula is C22H32N4O. The van der Waals surface area contributed by atoms with Gasteiger partial charge in [0.1, 0.15) is 0 Å². The van der Waals surface area contributed by atoms with Gasteiger partial charge < -0.3 is 9.47 Å². The molecule has 1 aliphatic rings. The zero-order valence-electron chi connectivity index (χ0n) is 16.8. The SMILES string of the molecule is CCC1CN(Cc2cncn2CC(C)C)CCC(=O)N1Cc1ccccc1. The van der Waals surface area contributed by atoms with Crippen LogP contribution in [0.5, 0.6) is 0 Å². The number of carbonyl (C=O) groups is 1. The molecule has 27 heavy (non-hydrogen) atoms. The van der Waals surface area contributed by atoms with Crippen LogP contribution in [0.2, 0.25) is 0 Å². The summed E-state index contributed by atoms with van der Waals surface area (Å²) in [4.78, 5) is 21.7. The Morgan fingerprint density at radius 2 is 1.96 bits per heavy atom. The van der Waals surface area contributed by atoms with Crippen LogP contribution in [0.4, 0.5) is 0 Å². The highest BCUT2D eigenvalue weighted by atomic mass is 16.2. The first-order valence-corrected chi connectivity index (χ1v) is 10.1. The Labute approximate surface area is 163 Å². The van der Waals surface area contributed by atoms with Gasteiger partial charge in [0.25, 0.3) is 0 Å². The number of aromatic nitrogens is 2. The highest BCUT2D eigenvalue weighted by molar-refractivity contribution is 5.77. The van der Waals surface area contributed by atoms with Crippen LogP contribution in [-0.4, -0.2) is 44.4 Å². The quantitative estimate of drug-likeness (QED) is 0.750. The Morgan fingerprint density at radius 1 is 1.19 bits per heavy atom. The number of benzene rings is 1. The van der Waals surface area contributed by atoms with Crippen LogP contribution in [0.1, 0.15) is 44.9 Å². The van der Waals surface area contributed by atoms with Crippen molar-refractivity contribution < 1.29 is 4.79 Å². The van der Waals surface area contributed by atoms with Crippen molar-refractivity contribution in [1.29, 1.82) is 0 Å². The number of imidazole rings is 1. The van der Waals surface area contributed by atoms with E-state index in [-0.39, 0.29) is 11.9 Å². The zero-order chi connectivity index (χ0) is 19.2. The van der Waals surface area contributed by atoms with Gasteiger partial charge in [-0.15, -0.1) is 0 Å². The van der Waals surface area contributed by atoms with Crippen LogP contribution >= 0.6 is 0 Å². The fourth-order valence-corrected chi connectivity index (χ4v) is 3.85. The van der Waals surface area contributed by atoms with Crippen molar-refractivity contribution in [2.45, 2.75) is 59.3 Å². The standard InChI is InChI=1S/C22H32N4O/c1-4-20-15-24(16-21-12-23-17-25(21)13-18(2)3)11-10-22(27)26(20)14-19-8-6-5-7-9-19/h5-9,12,17-18,20H,4,10-11,13-16H2,1-3H3. The van der Waals surface area contributed by atoms with Crippen molar-refractivity contribution in [3.8, 4) is 0 Å². The molecular weight excluding hydrogens is 336 g/mol. The normalized spacial score (nSPS) is 18.9. The van der Waals surface area contributed by atoms with E-state index in [1.807, 2.05) is 30.7 Å². The number of hydrogen-bond acceptors (Lipinski definition) is 3. The van der Waals surface area contributed by atoms with Gasteiger partial charge in [-0.3, -0.25) is 9.69 Å². The maximum absolute atomic E-state index is 12.8. The maximum atomic E-state index is 12.8. The molecule has 1 aromatic heterocycles. The van der Waals surface area contributed by atoms with Gasteiger partial charge in [-0.1, -0.05) is 51.1 Å². The third-order valence-corrected chi connectivity index (χ3v) is 5.28. The predicted octanol–water partition coefficient (Wildman–Crippen LogP) is 3.55. The second-order valence-electron chi connectivity index (χ2n) is 7.99. The molecule has 0 N–H and O–H groups in total. The van der Waals surface area contributed by atoms with Crippen LogP contribution in [0.25, 0.3) is 0 Å². The molecule has 1 unspecified atom stereocenters. The van der Waals surface area contributed by atoms with E-state index >= 15 is 0 Å². The molecule has 1 fully saturated rings. The minimum atomic E-state index is 0.252. The highest BCUT2D eigenvalue weighted by Gasteiger charge is 2.29. The summed E-state index contributed by atoms with van der Waals surface area (Å²) in [6.07, 6.45) is 5.46. The Bertz CT molecular complexity index is 725. The second-order valence-corrected chi connectivity index (χ2v) is 7.99. The Morgan fingerprint density at radius 3 is 2.67 bits per heavy atom. The van der Waals surface area contributed by atoms with E-state index in [4.69, 9.17) is 0 Å². The van der Waals surface area contributed by atoms with E-state index in [1.54, 1.807) is 0 Å². The molecule has 3 rings (SSSR count). The zero-order valence-corrected chi connectivity index (χ0v) is 16.8. The average molecular weight is 369 g/mol. The van der Waals surface area contributed by atoms with Crippen molar-refractivity contribution in [2.24, 2.45) is 5.92 Å². The maximum Gasteiger partial charge on any atom is 0.224 e. The summed E-state index contributed by atoms with van der Waals surface area (Å²) >= 11 is 0. The number of rotatable bonds is 7. The summed E-state index contributed by atoms with van der Waals surface area (Å²) in [5.41, 5.74) is 2.44. The monoisotopic (exact) mass is 368 g/mol. The molecule has 1 aliphatic heterocycles. The van der Waals surface area contributed by atoms with Crippen LogP contribution in [0.15, 0.2) is 42.9 Å². The lowest BCUT2D eigenvalue weighted by atomic mass is 10.1. The van der Waals surface area contributed by atoms with Crippen molar-refractivity contribution in [3.05, 3.63) is 54.1 Å². The van der Waals surface area contributed by atoms with Gasteiger partial charge in [0.05, 0.1) is 12.0 Å². The van der Waals surface area contributed by atoms with Gasteiger partial charge in [0.15, 0.2) is 0 Å². The van der Waals surface area contributed by atoms with E-state index < -0.39 is 0 Å². The summed E-state index contributed by atoms with van der Waals surface area (Å²) < 4.78 is 2.25. The number of nitrogens with zero attached hydrogens (tertiary/aromatic N) is 4. The van der Waals surface area contributed by atoms with Crippen LogP contribution in [-0.2, 0) is 24.4 Å². The molecule has 5 nitrogen and oxygen atoms in total. The van der Waals surface area contributed by atoms with E-state index in [0.717, 1.165) is 32.6 Å². The highest BCUT2D eigenvalue weighted by Crippen LogP contribution is 2.19. The topological polar surface area (TPSA) is 41.4 Å². The second kappa shape index (κ2) is 9.18.